The summed E-state index contributed by atoms with van der Waals surface area (Å²) in [6.45, 7) is 1.75. The van der Waals surface area contributed by atoms with Crippen LogP contribution in [0.25, 0.3) is 0 Å². The lowest BCUT2D eigenvalue weighted by atomic mass is 10.1. The second-order valence-corrected chi connectivity index (χ2v) is 5.15. The van der Waals surface area contributed by atoms with Crippen LogP contribution >= 0.6 is 0 Å². The Hall–Kier alpha value is -1.88. The van der Waals surface area contributed by atoms with Gasteiger partial charge in [-0.2, -0.15) is 0 Å². The van der Waals surface area contributed by atoms with Gasteiger partial charge in [0.15, 0.2) is 0 Å². The molecule has 0 aliphatic carbocycles. The molecule has 1 atom stereocenters. The fourth-order valence-corrected chi connectivity index (χ4v) is 2.32. The van der Waals surface area contributed by atoms with Crippen molar-refractivity contribution in [3.05, 3.63) is 35.9 Å². The van der Waals surface area contributed by atoms with E-state index in [1.54, 1.807) is 4.90 Å². The van der Waals surface area contributed by atoms with Crippen molar-refractivity contribution < 1.29 is 9.59 Å². The summed E-state index contributed by atoms with van der Waals surface area (Å²) in [5.74, 6) is 0.0140. The lowest BCUT2D eigenvalue weighted by Crippen LogP contribution is -2.35. The third kappa shape index (κ3) is 4.35. The van der Waals surface area contributed by atoms with Crippen LogP contribution in [0.3, 0.4) is 0 Å². The van der Waals surface area contributed by atoms with Crippen LogP contribution in [0.4, 0.5) is 0 Å². The number of likely N-dealkylation sites (tertiary alicyclic amines) is 1. The Morgan fingerprint density at radius 2 is 2.05 bits per heavy atom. The van der Waals surface area contributed by atoms with E-state index in [0.717, 1.165) is 18.5 Å². The van der Waals surface area contributed by atoms with E-state index in [1.165, 1.54) is 0 Å². The van der Waals surface area contributed by atoms with Gasteiger partial charge in [0, 0.05) is 32.1 Å². The second-order valence-electron chi connectivity index (χ2n) is 5.15. The van der Waals surface area contributed by atoms with E-state index in [1.807, 2.05) is 30.3 Å². The first-order valence-corrected chi connectivity index (χ1v) is 6.99. The maximum absolute atomic E-state index is 11.8. The van der Waals surface area contributed by atoms with Crippen LogP contribution in [0.1, 0.15) is 18.4 Å². The van der Waals surface area contributed by atoms with Crippen molar-refractivity contribution in [1.29, 1.82) is 0 Å². The molecule has 20 heavy (non-hydrogen) atoms. The number of carbonyl (C=O) groups excluding carboxylic acids is 2. The van der Waals surface area contributed by atoms with Gasteiger partial charge in [-0.05, 0) is 12.0 Å². The average Bonchev–Trinajstić information content (AvgIpc) is 2.86. The first-order valence-electron chi connectivity index (χ1n) is 6.99. The predicted molar refractivity (Wildman–Crippen MR) is 76.9 cm³/mol. The number of hydrogen-bond donors (Lipinski definition) is 2. The molecule has 3 N–H and O–H groups in total. The molecule has 0 aromatic heterocycles. The monoisotopic (exact) mass is 275 g/mol. The molecule has 1 aliphatic rings. The minimum atomic E-state index is -0.0536. The average molecular weight is 275 g/mol. The number of nitrogens with zero attached hydrogens (tertiary/aromatic N) is 1. The third-order valence-corrected chi connectivity index (χ3v) is 3.45. The number of carbonyl (C=O) groups is 2. The second kappa shape index (κ2) is 7.05. The van der Waals surface area contributed by atoms with Gasteiger partial charge in [0.05, 0.1) is 6.42 Å². The minimum absolute atomic E-state index is 0.0536. The van der Waals surface area contributed by atoms with E-state index >= 15 is 0 Å². The molecule has 5 nitrogen and oxygen atoms in total. The molecule has 1 saturated heterocycles. The molecule has 5 heteroatoms. The number of nitrogens with one attached hydrogen (secondary N) is 1. The van der Waals surface area contributed by atoms with Gasteiger partial charge in [-0.25, -0.2) is 0 Å². The van der Waals surface area contributed by atoms with Crippen LogP contribution in [0.5, 0.6) is 0 Å². The summed E-state index contributed by atoms with van der Waals surface area (Å²) in [6, 6.07) is 9.66. The van der Waals surface area contributed by atoms with Gasteiger partial charge in [0.1, 0.15) is 0 Å². The van der Waals surface area contributed by atoms with E-state index in [4.69, 9.17) is 5.73 Å². The van der Waals surface area contributed by atoms with E-state index in [0.29, 0.717) is 25.9 Å². The number of rotatable bonds is 5. The SMILES string of the molecule is N[C@@H]1CCN(C(=O)CCNC(=O)Cc2ccccc2)C1. The molecule has 2 rings (SSSR count). The number of hydrogen-bond acceptors (Lipinski definition) is 3. The summed E-state index contributed by atoms with van der Waals surface area (Å²) >= 11 is 0. The summed E-state index contributed by atoms with van der Waals surface area (Å²) < 4.78 is 0. The molecular formula is C15H21N3O2. The smallest absolute Gasteiger partial charge is 0.224 e. The zero-order valence-corrected chi connectivity index (χ0v) is 11.5. The molecule has 0 spiro atoms. The summed E-state index contributed by atoms with van der Waals surface area (Å²) in [7, 11) is 0. The van der Waals surface area contributed by atoms with E-state index in [9.17, 15) is 9.59 Å². The lowest BCUT2D eigenvalue weighted by molar-refractivity contribution is -0.130. The topological polar surface area (TPSA) is 75.4 Å². The first kappa shape index (κ1) is 14.5. The Kier molecular flexibility index (Phi) is 5.12. The Bertz CT molecular complexity index is 461. The van der Waals surface area contributed by atoms with Crippen LogP contribution in [-0.2, 0) is 16.0 Å². The minimum Gasteiger partial charge on any atom is -0.355 e. The molecule has 0 unspecified atom stereocenters. The molecule has 1 aromatic rings. The maximum Gasteiger partial charge on any atom is 0.224 e. The first-order chi connectivity index (χ1) is 9.65. The Labute approximate surface area is 119 Å². The lowest BCUT2D eigenvalue weighted by Gasteiger charge is -2.15. The molecule has 1 aliphatic heterocycles. The van der Waals surface area contributed by atoms with Crippen molar-refractivity contribution in [1.82, 2.24) is 10.2 Å². The van der Waals surface area contributed by atoms with Gasteiger partial charge in [0.2, 0.25) is 11.8 Å². The van der Waals surface area contributed by atoms with Gasteiger partial charge in [-0.1, -0.05) is 30.3 Å². The highest BCUT2D eigenvalue weighted by atomic mass is 16.2. The van der Waals surface area contributed by atoms with Crippen molar-refractivity contribution in [2.45, 2.75) is 25.3 Å². The molecule has 108 valence electrons. The molecular weight excluding hydrogens is 254 g/mol. The van der Waals surface area contributed by atoms with Crippen molar-refractivity contribution >= 4 is 11.8 Å². The van der Waals surface area contributed by atoms with Crippen LogP contribution in [-0.4, -0.2) is 42.4 Å². The largest absolute Gasteiger partial charge is 0.355 e. The van der Waals surface area contributed by atoms with Crippen molar-refractivity contribution in [2.24, 2.45) is 5.73 Å². The van der Waals surface area contributed by atoms with Crippen molar-refractivity contribution in [2.75, 3.05) is 19.6 Å². The Balaban J connectivity index is 1.65. The van der Waals surface area contributed by atoms with E-state index < -0.39 is 0 Å². The molecule has 0 bridgehead atoms. The molecule has 1 aromatic carbocycles. The standard InChI is InChI=1S/C15H21N3O2/c16-13-7-9-18(11-13)15(20)6-8-17-14(19)10-12-4-2-1-3-5-12/h1-5,13H,6-11,16H2,(H,17,19)/t13-/m1/s1. The van der Waals surface area contributed by atoms with E-state index in [2.05, 4.69) is 5.32 Å². The van der Waals surface area contributed by atoms with Crippen LogP contribution in [0.2, 0.25) is 0 Å². The van der Waals surface area contributed by atoms with Gasteiger partial charge >= 0.3 is 0 Å². The summed E-state index contributed by atoms with van der Waals surface area (Å²) in [6.07, 6.45) is 1.56. The zero-order valence-electron chi connectivity index (χ0n) is 11.5. The van der Waals surface area contributed by atoms with E-state index in [-0.39, 0.29) is 17.9 Å². The Morgan fingerprint density at radius 3 is 2.70 bits per heavy atom. The fraction of sp³-hybridized carbons (Fsp3) is 0.467. The molecule has 1 heterocycles. The van der Waals surface area contributed by atoms with Crippen molar-refractivity contribution in [3.8, 4) is 0 Å². The van der Waals surface area contributed by atoms with Gasteiger partial charge in [-0.3, -0.25) is 9.59 Å². The highest BCUT2D eigenvalue weighted by molar-refractivity contribution is 5.80. The quantitative estimate of drug-likeness (QED) is 0.811. The third-order valence-electron chi connectivity index (χ3n) is 3.45. The number of benzene rings is 1. The van der Waals surface area contributed by atoms with Crippen LogP contribution in [0, 0.1) is 0 Å². The number of nitrogens with two attached hydrogens (primary N) is 1. The highest BCUT2D eigenvalue weighted by Gasteiger charge is 2.22. The normalized spacial score (nSPS) is 18.1. The molecule has 1 fully saturated rings. The summed E-state index contributed by atoms with van der Waals surface area (Å²) in [4.78, 5) is 25.3. The van der Waals surface area contributed by atoms with Gasteiger partial charge < -0.3 is 16.0 Å². The van der Waals surface area contributed by atoms with Gasteiger partial charge in [-0.15, -0.1) is 0 Å². The Morgan fingerprint density at radius 1 is 1.30 bits per heavy atom. The predicted octanol–water partition coefficient (Wildman–Crippen LogP) is 0.295. The van der Waals surface area contributed by atoms with Crippen LogP contribution in [0.15, 0.2) is 30.3 Å². The van der Waals surface area contributed by atoms with Gasteiger partial charge in [0.25, 0.3) is 0 Å². The molecule has 0 saturated carbocycles. The number of amides is 2. The zero-order chi connectivity index (χ0) is 14.4. The maximum atomic E-state index is 11.8. The van der Waals surface area contributed by atoms with Crippen LogP contribution < -0.4 is 11.1 Å². The molecule has 0 radical (unpaired) electrons. The summed E-state index contributed by atoms with van der Waals surface area (Å²) in [5.41, 5.74) is 6.74. The fourth-order valence-electron chi connectivity index (χ4n) is 2.32. The summed E-state index contributed by atoms with van der Waals surface area (Å²) in [5, 5.41) is 2.78. The molecule has 2 amide bonds. The highest BCUT2D eigenvalue weighted by Crippen LogP contribution is 2.08. The van der Waals surface area contributed by atoms with Crippen molar-refractivity contribution in [3.63, 3.8) is 0 Å².